The van der Waals surface area contributed by atoms with Gasteiger partial charge in [0.05, 0.1) is 29.1 Å². The Bertz CT molecular complexity index is 1200. The molecule has 11 heteroatoms. The van der Waals surface area contributed by atoms with Gasteiger partial charge in [-0.05, 0) is 49.6 Å². The van der Waals surface area contributed by atoms with E-state index in [9.17, 15) is 18.0 Å². The molecule has 0 heterocycles. The van der Waals surface area contributed by atoms with Crippen molar-refractivity contribution < 1.29 is 22.7 Å². The number of nitrogens with one attached hydrogen (secondary N) is 1. The van der Waals surface area contributed by atoms with Crippen molar-refractivity contribution in [1.29, 1.82) is 0 Å². The Morgan fingerprint density at radius 1 is 1.08 bits per heavy atom. The number of anilines is 1. The lowest BCUT2D eigenvalue weighted by Gasteiger charge is -2.33. The third-order valence-electron chi connectivity index (χ3n) is 6.51. The molecule has 1 saturated carbocycles. The van der Waals surface area contributed by atoms with Crippen molar-refractivity contribution in [2.75, 3.05) is 24.2 Å². The SMILES string of the molecule is COc1ccc(CN(C(=O)CN(c2cccc(Cl)c2Cl)S(C)(=O)=O)C(C)C(=O)NC2CCCCC2)cc1. The first-order chi connectivity index (χ1) is 17.5. The fourth-order valence-corrected chi connectivity index (χ4v) is 5.66. The van der Waals surface area contributed by atoms with Crippen LogP contribution in [0.2, 0.25) is 10.0 Å². The van der Waals surface area contributed by atoms with Crippen molar-refractivity contribution in [3.63, 3.8) is 0 Å². The number of carbonyl (C=O) groups is 2. The fourth-order valence-electron chi connectivity index (χ4n) is 4.36. The molecule has 0 aromatic heterocycles. The molecule has 1 atom stereocenters. The zero-order valence-corrected chi connectivity index (χ0v) is 23.6. The second-order valence-electron chi connectivity index (χ2n) is 9.23. The standard InChI is InChI=1S/C26H33Cl2N3O5S/c1-18(26(33)29-20-8-5-4-6-9-20)30(16-19-12-14-21(36-2)15-13-19)24(32)17-31(37(3,34)35)23-11-7-10-22(27)25(23)28/h7,10-15,18,20H,4-6,8-9,16-17H2,1-3H3,(H,29,33). The summed E-state index contributed by atoms with van der Waals surface area (Å²) in [7, 11) is -2.35. The van der Waals surface area contributed by atoms with E-state index < -0.39 is 28.5 Å². The lowest BCUT2D eigenvalue weighted by Crippen LogP contribution is -2.53. The molecule has 2 aromatic rings. The highest BCUT2D eigenvalue weighted by Gasteiger charge is 2.32. The Hall–Kier alpha value is -2.49. The van der Waals surface area contributed by atoms with Gasteiger partial charge in [0.25, 0.3) is 0 Å². The molecule has 0 radical (unpaired) electrons. The van der Waals surface area contributed by atoms with Gasteiger partial charge in [-0.1, -0.05) is 60.7 Å². The molecule has 0 spiro atoms. The zero-order valence-electron chi connectivity index (χ0n) is 21.2. The summed E-state index contributed by atoms with van der Waals surface area (Å²) in [4.78, 5) is 28.3. The number of amides is 2. The normalized spacial score (nSPS) is 15.1. The van der Waals surface area contributed by atoms with E-state index >= 15 is 0 Å². The maximum Gasteiger partial charge on any atom is 0.244 e. The number of benzene rings is 2. The summed E-state index contributed by atoms with van der Waals surface area (Å²) in [6.07, 6.45) is 6.05. The molecular formula is C26H33Cl2N3O5S. The molecule has 8 nitrogen and oxygen atoms in total. The van der Waals surface area contributed by atoms with Crippen LogP contribution in [0.15, 0.2) is 42.5 Å². The molecule has 1 fully saturated rings. The van der Waals surface area contributed by atoms with E-state index in [2.05, 4.69) is 5.32 Å². The second-order valence-corrected chi connectivity index (χ2v) is 11.9. The monoisotopic (exact) mass is 569 g/mol. The van der Waals surface area contributed by atoms with E-state index in [1.807, 2.05) is 0 Å². The van der Waals surface area contributed by atoms with E-state index in [4.69, 9.17) is 27.9 Å². The first-order valence-corrected chi connectivity index (χ1v) is 14.8. The van der Waals surface area contributed by atoms with Gasteiger partial charge in [-0.3, -0.25) is 13.9 Å². The molecular weight excluding hydrogens is 537 g/mol. The minimum Gasteiger partial charge on any atom is -0.497 e. The van der Waals surface area contributed by atoms with Gasteiger partial charge < -0.3 is 15.0 Å². The molecule has 3 rings (SSSR count). The topological polar surface area (TPSA) is 96.0 Å². The Balaban J connectivity index is 1.90. The maximum atomic E-state index is 13.7. The van der Waals surface area contributed by atoms with Crippen LogP contribution in [0.3, 0.4) is 0 Å². The van der Waals surface area contributed by atoms with Crippen molar-refractivity contribution in [3.05, 3.63) is 58.1 Å². The molecule has 2 amide bonds. The smallest absolute Gasteiger partial charge is 0.244 e. The van der Waals surface area contributed by atoms with Crippen molar-refractivity contribution >= 4 is 50.7 Å². The zero-order chi connectivity index (χ0) is 27.2. The number of nitrogens with zero attached hydrogens (tertiary/aromatic N) is 2. The van der Waals surface area contributed by atoms with Crippen LogP contribution in [0.1, 0.15) is 44.6 Å². The van der Waals surface area contributed by atoms with Crippen LogP contribution in [-0.4, -0.2) is 57.1 Å². The molecule has 1 aliphatic carbocycles. The molecule has 1 aliphatic rings. The molecule has 2 aromatic carbocycles. The first kappa shape index (κ1) is 29.1. The van der Waals surface area contributed by atoms with Crippen molar-refractivity contribution in [2.24, 2.45) is 0 Å². The number of ether oxygens (including phenoxy) is 1. The summed E-state index contributed by atoms with van der Waals surface area (Å²) in [5.74, 6) is -0.174. The first-order valence-electron chi connectivity index (χ1n) is 12.2. The number of methoxy groups -OCH3 is 1. The predicted molar refractivity (Wildman–Crippen MR) is 147 cm³/mol. The van der Waals surface area contributed by atoms with Crippen LogP contribution in [-0.2, 0) is 26.2 Å². The van der Waals surface area contributed by atoms with Crippen molar-refractivity contribution in [1.82, 2.24) is 10.2 Å². The quantitative estimate of drug-likeness (QED) is 0.449. The van der Waals surface area contributed by atoms with Gasteiger partial charge in [-0.15, -0.1) is 0 Å². The maximum absolute atomic E-state index is 13.7. The van der Waals surface area contributed by atoms with E-state index in [0.717, 1.165) is 48.2 Å². The molecule has 0 bridgehead atoms. The van der Waals surface area contributed by atoms with E-state index in [1.54, 1.807) is 44.4 Å². The predicted octanol–water partition coefficient (Wildman–Crippen LogP) is 4.63. The lowest BCUT2D eigenvalue weighted by molar-refractivity contribution is -0.139. The van der Waals surface area contributed by atoms with Crippen LogP contribution in [0.4, 0.5) is 5.69 Å². The summed E-state index contributed by atoms with van der Waals surface area (Å²) in [6, 6.07) is 10.9. The fraction of sp³-hybridized carbons (Fsp3) is 0.462. The highest BCUT2D eigenvalue weighted by Crippen LogP contribution is 2.33. The van der Waals surface area contributed by atoms with E-state index in [0.29, 0.717) is 5.75 Å². The number of hydrogen-bond acceptors (Lipinski definition) is 5. The Morgan fingerprint density at radius 2 is 1.73 bits per heavy atom. The lowest BCUT2D eigenvalue weighted by atomic mass is 9.95. The molecule has 0 saturated heterocycles. The molecule has 1 N–H and O–H groups in total. The average Bonchev–Trinajstić information content (AvgIpc) is 2.87. The van der Waals surface area contributed by atoms with Gasteiger partial charge in [0, 0.05) is 12.6 Å². The van der Waals surface area contributed by atoms with Gasteiger partial charge in [0.1, 0.15) is 18.3 Å². The van der Waals surface area contributed by atoms with Crippen LogP contribution in [0.5, 0.6) is 5.75 Å². The number of sulfonamides is 1. The van der Waals surface area contributed by atoms with Crippen LogP contribution in [0, 0.1) is 0 Å². The number of rotatable bonds is 10. The van der Waals surface area contributed by atoms with Crippen molar-refractivity contribution in [2.45, 2.75) is 57.7 Å². The minimum absolute atomic E-state index is 0.0205. The van der Waals surface area contributed by atoms with E-state index in [-0.39, 0.29) is 34.2 Å². The van der Waals surface area contributed by atoms with Crippen LogP contribution in [0.25, 0.3) is 0 Å². The number of halogens is 2. The summed E-state index contributed by atoms with van der Waals surface area (Å²) in [5.41, 5.74) is 0.854. The van der Waals surface area contributed by atoms with Crippen molar-refractivity contribution in [3.8, 4) is 5.75 Å². The third kappa shape index (κ3) is 7.75. The number of carbonyl (C=O) groups excluding carboxylic acids is 2. The van der Waals surface area contributed by atoms with Gasteiger partial charge in [0.2, 0.25) is 21.8 Å². The van der Waals surface area contributed by atoms with Crippen LogP contribution >= 0.6 is 23.2 Å². The summed E-state index contributed by atoms with van der Waals surface area (Å²) in [6.45, 7) is 1.20. The summed E-state index contributed by atoms with van der Waals surface area (Å²) >= 11 is 12.4. The summed E-state index contributed by atoms with van der Waals surface area (Å²) < 4.78 is 31.5. The largest absolute Gasteiger partial charge is 0.497 e. The van der Waals surface area contributed by atoms with Gasteiger partial charge >= 0.3 is 0 Å². The van der Waals surface area contributed by atoms with Gasteiger partial charge in [0.15, 0.2) is 0 Å². The average molecular weight is 571 g/mol. The minimum atomic E-state index is -3.91. The molecule has 202 valence electrons. The second kappa shape index (κ2) is 12.8. The molecule has 1 unspecified atom stereocenters. The highest BCUT2D eigenvalue weighted by atomic mass is 35.5. The Labute approximate surface area is 228 Å². The van der Waals surface area contributed by atoms with E-state index in [1.165, 1.54) is 17.0 Å². The Kier molecular flexibility index (Phi) is 10.1. The molecule has 37 heavy (non-hydrogen) atoms. The van der Waals surface area contributed by atoms with Gasteiger partial charge in [-0.2, -0.15) is 0 Å². The highest BCUT2D eigenvalue weighted by molar-refractivity contribution is 7.92. The summed E-state index contributed by atoms with van der Waals surface area (Å²) in [5, 5.41) is 3.25. The third-order valence-corrected chi connectivity index (χ3v) is 8.45. The number of hydrogen-bond donors (Lipinski definition) is 1. The van der Waals surface area contributed by atoms with Crippen LogP contribution < -0.4 is 14.4 Å². The molecule has 0 aliphatic heterocycles. The Morgan fingerprint density at radius 3 is 2.32 bits per heavy atom. The van der Waals surface area contributed by atoms with Gasteiger partial charge in [-0.25, -0.2) is 8.42 Å².